The third-order valence-corrected chi connectivity index (χ3v) is 3.28. The summed E-state index contributed by atoms with van der Waals surface area (Å²) in [4.78, 5) is 11.5. The van der Waals surface area contributed by atoms with E-state index in [1.54, 1.807) is 7.11 Å². The number of rotatable bonds is 3. The Morgan fingerprint density at radius 1 is 1.62 bits per heavy atom. The molecule has 4 heteroatoms. The van der Waals surface area contributed by atoms with E-state index >= 15 is 0 Å². The monoisotopic (exact) mass is 185 g/mol. The topological polar surface area (TPSA) is 47.6 Å². The molecule has 0 unspecified atom stereocenters. The number of fused-ring (bicyclic) bond motifs is 1. The van der Waals surface area contributed by atoms with Gasteiger partial charge in [-0.1, -0.05) is 0 Å². The zero-order valence-corrected chi connectivity index (χ0v) is 8.00. The molecular weight excluding hydrogens is 170 g/mol. The average Bonchev–Trinajstić information content (AvgIpc) is 2.79. The molecule has 1 saturated heterocycles. The fraction of sp³-hybridized carbons (Fsp3) is 0.889. The van der Waals surface area contributed by atoms with Gasteiger partial charge in [-0.05, 0) is 18.9 Å². The molecule has 0 aromatic heterocycles. The van der Waals surface area contributed by atoms with Crippen LogP contribution in [0.4, 0.5) is 0 Å². The summed E-state index contributed by atoms with van der Waals surface area (Å²) in [6.07, 6.45) is 0.959. The van der Waals surface area contributed by atoms with E-state index in [0.717, 1.165) is 13.0 Å². The highest BCUT2D eigenvalue weighted by molar-refractivity contribution is 5.82. The molecule has 2 fully saturated rings. The minimum atomic E-state index is -0.259. The van der Waals surface area contributed by atoms with Crippen LogP contribution in [0.2, 0.25) is 0 Å². The number of esters is 1. The molecule has 1 heterocycles. The number of hydrogen-bond donors (Lipinski definition) is 1. The summed E-state index contributed by atoms with van der Waals surface area (Å²) in [5, 5.41) is 3.29. The third kappa shape index (κ3) is 1.09. The van der Waals surface area contributed by atoms with Crippen LogP contribution >= 0.6 is 0 Å². The van der Waals surface area contributed by atoms with Gasteiger partial charge in [-0.3, -0.25) is 4.79 Å². The lowest BCUT2D eigenvalue weighted by atomic mass is 9.97. The van der Waals surface area contributed by atoms with Gasteiger partial charge in [-0.2, -0.15) is 0 Å². The Labute approximate surface area is 77.6 Å². The van der Waals surface area contributed by atoms with Crippen molar-refractivity contribution in [3.05, 3.63) is 0 Å². The maximum absolute atomic E-state index is 11.5. The molecule has 13 heavy (non-hydrogen) atoms. The largest absolute Gasteiger partial charge is 0.469 e. The molecule has 0 spiro atoms. The molecule has 0 aromatic rings. The molecule has 2 rings (SSSR count). The Morgan fingerprint density at radius 3 is 2.92 bits per heavy atom. The minimum absolute atomic E-state index is 0.0791. The van der Waals surface area contributed by atoms with Crippen molar-refractivity contribution in [3.63, 3.8) is 0 Å². The third-order valence-electron chi connectivity index (χ3n) is 3.28. The highest BCUT2D eigenvalue weighted by atomic mass is 16.5. The van der Waals surface area contributed by atoms with Crippen LogP contribution in [0, 0.1) is 11.3 Å². The molecule has 0 amide bonds. The standard InChI is InChI=1S/C9H15NO3/c1-12-5-7-9(8(11)13-2)3-6(9)4-10-7/h6-7,10H,3-5H2,1-2H3/t6-,7-,9+/m0/s1. The van der Waals surface area contributed by atoms with Gasteiger partial charge < -0.3 is 14.8 Å². The van der Waals surface area contributed by atoms with Crippen molar-refractivity contribution in [3.8, 4) is 0 Å². The molecule has 0 aromatic carbocycles. The molecule has 74 valence electrons. The summed E-state index contributed by atoms with van der Waals surface area (Å²) in [6, 6.07) is 0.148. The molecule has 3 atom stereocenters. The van der Waals surface area contributed by atoms with E-state index in [9.17, 15) is 4.79 Å². The molecule has 1 aliphatic carbocycles. The Hall–Kier alpha value is -0.610. The lowest BCUT2D eigenvalue weighted by molar-refractivity contribution is -0.148. The average molecular weight is 185 g/mol. The van der Waals surface area contributed by atoms with Gasteiger partial charge in [0.15, 0.2) is 0 Å². The van der Waals surface area contributed by atoms with E-state index in [2.05, 4.69) is 5.32 Å². The van der Waals surface area contributed by atoms with E-state index < -0.39 is 0 Å². The Balaban J connectivity index is 2.09. The molecule has 0 bridgehead atoms. The first-order valence-electron chi connectivity index (χ1n) is 4.56. The second-order valence-electron chi connectivity index (χ2n) is 3.85. The second kappa shape index (κ2) is 2.96. The van der Waals surface area contributed by atoms with Crippen molar-refractivity contribution in [1.82, 2.24) is 5.32 Å². The van der Waals surface area contributed by atoms with E-state index in [-0.39, 0.29) is 17.4 Å². The van der Waals surface area contributed by atoms with Gasteiger partial charge in [0.1, 0.15) is 0 Å². The molecule has 1 saturated carbocycles. The number of carbonyl (C=O) groups is 1. The summed E-state index contributed by atoms with van der Waals surface area (Å²) in [5.74, 6) is 0.393. The molecular formula is C9H15NO3. The number of ether oxygens (including phenoxy) is 2. The number of piperidine rings is 1. The summed E-state index contributed by atoms with van der Waals surface area (Å²) < 4.78 is 9.89. The highest BCUT2D eigenvalue weighted by Gasteiger charge is 2.68. The van der Waals surface area contributed by atoms with Crippen molar-refractivity contribution in [2.24, 2.45) is 11.3 Å². The van der Waals surface area contributed by atoms with E-state index in [1.807, 2.05) is 0 Å². The highest BCUT2D eigenvalue weighted by Crippen LogP contribution is 2.59. The summed E-state index contributed by atoms with van der Waals surface area (Å²) in [7, 11) is 3.11. The lowest BCUT2D eigenvalue weighted by Crippen LogP contribution is -2.40. The van der Waals surface area contributed by atoms with Gasteiger partial charge in [0.25, 0.3) is 0 Å². The van der Waals surface area contributed by atoms with Crippen LogP contribution in [0.5, 0.6) is 0 Å². The van der Waals surface area contributed by atoms with Gasteiger partial charge >= 0.3 is 5.97 Å². The fourth-order valence-electron chi connectivity index (χ4n) is 2.45. The van der Waals surface area contributed by atoms with Gasteiger partial charge in [0, 0.05) is 13.2 Å². The first-order valence-corrected chi connectivity index (χ1v) is 4.56. The molecule has 1 N–H and O–H groups in total. The summed E-state index contributed by atoms with van der Waals surface area (Å²) >= 11 is 0. The lowest BCUT2D eigenvalue weighted by Gasteiger charge is -2.20. The van der Waals surface area contributed by atoms with Crippen molar-refractivity contribution in [1.29, 1.82) is 0 Å². The zero-order valence-electron chi connectivity index (χ0n) is 8.00. The summed E-state index contributed by atoms with van der Waals surface area (Å²) in [6.45, 7) is 1.51. The Kier molecular flexibility index (Phi) is 2.04. The molecule has 2 aliphatic rings. The first kappa shape index (κ1) is 8.97. The van der Waals surface area contributed by atoms with E-state index in [4.69, 9.17) is 9.47 Å². The van der Waals surface area contributed by atoms with Crippen LogP contribution in [0.3, 0.4) is 0 Å². The number of hydrogen-bond acceptors (Lipinski definition) is 4. The van der Waals surface area contributed by atoms with Crippen LogP contribution in [0.25, 0.3) is 0 Å². The van der Waals surface area contributed by atoms with Gasteiger partial charge in [-0.25, -0.2) is 0 Å². The van der Waals surface area contributed by atoms with Gasteiger partial charge in [-0.15, -0.1) is 0 Å². The predicted molar refractivity (Wildman–Crippen MR) is 46.2 cm³/mol. The second-order valence-corrected chi connectivity index (χ2v) is 3.85. The molecule has 4 nitrogen and oxygen atoms in total. The summed E-state index contributed by atoms with van der Waals surface area (Å²) in [5.41, 5.74) is -0.259. The number of methoxy groups -OCH3 is 2. The van der Waals surface area contributed by atoms with Crippen LogP contribution in [-0.4, -0.2) is 39.4 Å². The first-order chi connectivity index (χ1) is 6.25. The predicted octanol–water partition coefficient (Wildman–Crippen LogP) is -0.216. The SMILES string of the molecule is COC[C@@H]1NC[C@@H]2C[C@@]21C(=O)OC. The maximum Gasteiger partial charge on any atom is 0.313 e. The fourth-order valence-corrected chi connectivity index (χ4v) is 2.45. The van der Waals surface area contributed by atoms with Crippen molar-refractivity contribution in [2.45, 2.75) is 12.5 Å². The Morgan fingerprint density at radius 2 is 2.38 bits per heavy atom. The maximum atomic E-state index is 11.5. The molecule has 1 aliphatic heterocycles. The van der Waals surface area contributed by atoms with Crippen LogP contribution < -0.4 is 5.32 Å². The van der Waals surface area contributed by atoms with Crippen molar-refractivity contribution >= 4 is 5.97 Å². The van der Waals surface area contributed by atoms with Crippen molar-refractivity contribution in [2.75, 3.05) is 27.4 Å². The van der Waals surface area contributed by atoms with Crippen LogP contribution in [-0.2, 0) is 14.3 Å². The smallest absolute Gasteiger partial charge is 0.313 e. The zero-order chi connectivity index (χ0) is 9.47. The quantitative estimate of drug-likeness (QED) is 0.618. The number of carbonyl (C=O) groups excluding carboxylic acids is 1. The van der Waals surface area contributed by atoms with Crippen molar-refractivity contribution < 1.29 is 14.3 Å². The van der Waals surface area contributed by atoms with Gasteiger partial charge in [0.2, 0.25) is 0 Å². The van der Waals surface area contributed by atoms with Crippen LogP contribution in [0.15, 0.2) is 0 Å². The number of nitrogens with one attached hydrogen (secondary N) is 1. The minimum Gasteiger partial charge on any atom is -0.469 e. The van der Waals surface area contributed by atoms with E-state index in [1.165, 1.54) is 7.11 Å². The Bertz CT molecular complexity index is 231. The van der Waals surface area contributed by atoms with Gasteiger partial charge in [0.05, 0.1) is 19.1 Å². The van der Waals surface area contributed by atoms with Crippen LogP contribution in [0.1, 0.15) is 6.42 Å². The normalized spacial score (nSPS) is 41.4. The molecule has 0 radical (unpaired) electrons. The van der Waals surface area contributed by atoms with E-state index in [0.29, 0.717) is 12.5 Å².